The first kappa shape index (κ1) is 18.5. The van der Waals surface area contributed by atoms with E-state index in [0.29, 0.717) is 18.0 Å². The Morgan fingerprint density at radius 2 is 1.68 bits per heavy atom. The molecular formula is C19H23N3O3. The standard InChI is InChI=1S/C19H23N3O3/c1-3-25-17-11-7-10-16(12-17)22(18(23)13-20)14-19(24)21(2)15-8-5-4-6-9-15/h4-12H,3,13-14,20H2,1-2H3. The number of benzene rings is 2. The summed E-state index contributed by atoms with van der Waals surface area (Å²) in [6.07, 6.45) is 0. The molecule has 2 N–H and O–H groups in total. The molecule has 0 aliphatic heterocycles. The molecular weight excluding hydrogens is 318 g/mol. The number of rotatable bonds is 7. The van der Waals surface area contributed by atoms with Gasteiger partial charge in [0, 0.05) is 24.5 Å². The number of hydrogen-bond donors (Lipinski definition) is 1. The molecule has 0 aromatic heterocycles. The van der Waals surface area contributed by atoms with E-state index in [0.717, 1.165) is 5.69 Å². The summed E-state index contributed by atoms with van der Waals surface area (Å²) in [4.78, 5) is 27.8. The molecule has 132 valence electrons. The molecule has 2 amide bonds. The van der Waals surface area contributed by atoms with Gasteiger partial charge < -0.3 is 20.3 Å². The molecule has 2 aromatic rings. The molecule has 2 rings (SSSR count). The van der Waals surface area contributed by atoms with Crippen LogP contribution in [0.1, 0.15) is 6.92 Å². The second-order valence-corrected chi connectivity index (χ2v) is 5.40. The van der Waals surface area contributed by atoms with Crippen LogP contribution in [-0.2, 0) is 9.59 Å². The molecule has 25 heavy (non-hydrogen) atoms. The number of amides is 2. The first-order valence-electron chi connectivity index (χ1n) is 8.11. The Balaban J connectivity index is 2.22. The van der Waals surface area contributed by atoms with E-state index in [9.17, 15) is 9.59 Å². The maximum Gasteiger partial charge on any atom is 0.246 e. The number of ether oxygens (including phenoxy) is 1. The molecule has 0 spiro atoms. The second kappa shape index (κ2) is 8.84. The van der Waals surface area contributed by atoms with Gasteiger partial charge in [-0.05, 0) is 31.2 Å². The third-order valence-corrected chi connectivity index (χ3v) is 3.73. The molecule has 6 nitrogen and oxygen atoms in total. The van der Waals surface area contributed by atoms with Gasteiger partial charge in [0.05, 0.1) is 13.2 Å². The molecule has 0 bridgehead atoms. The number of nitrogens with two attached hydrogens (primary N) is 1. The lowest BCUT2D eigenvalue weighted by Gasteiger charge is -2.25. The predicted octanol–water partition coefficient (Wildman–Crippen LogP) is 2.04. The molecule has 0 heterocycles. The monoisotopic (exact) mass is 341 g/mol. The van der Waals surface area contributed by atoms with Crippen molar-refractivity contribution in [1.82, 2.24) is 0 Å². The largest absolute Gasteiger partial charge is 0.494 e. The van der Waals surface area contributed by atoms with Crippen molar-refractivity contribution in [2.75, 3.05) is 36.5 Å². The first-order chi connectivity index (χ1) is 12.1. The zero-order valence-electron chi connectivity index (χ0n) is 14.5. The summed E-state index contributed by atoms with van der Waals surface area (Å²) in [5, 5.41) is 0. The molecule has 0 fully saturated rings. The highest BCUT2D eigenvalue weighted by Crippen LogP contribution is 2.22. The number of nitrogens with zero attached hydrogens (tertiary/aromatic N) is 2. The average Bonchev–Trinajstić information content (AvgIpc) is 2.66. The molecule has 2 aromatic carbocycles. The maximum absolute atomic E-state index is 12.6. The van der Waals surface area contributed by atoms with E-state index < -0.39 is 0 Å². The highest BCUT2D eigenvalue weighted by atomic mass is 16.5. The topological polar surface area (TPSA) is 75.9 Å². The van der Waals surface area contributed by atoms with Gasteiger partial charge in [-0.3, -0.25) is 9.59 Å². The minimum absolute atomic E-state index is 0.100. The maximum atomic E-state index is 12.6. The quantitative estimate of drug-likeness (QED) is 0.836. The molecule has 0 radical (unpaired) electrons. The number of carbonyl (C=O) groups is 2. The van der Waals surface area contributed by atoms with E-state index in [2.05, 4.69) is 0 Å². The van der Waals surface area contributed by atoms with E-state index >= 15 is 0 Å². The van der Waals surface area contributed by atoms with Gasteiger partial charge in [0.25, 0.3) is 0 Å². The van der Waals surface area contributed by atoms with Crippen LogP contribution in [0, 0.1) is 0 Å². The van der Waals surface area contributed by atoms with Crippen molar-refractivity contribution in [3.63, 3.8) is 0 Å². The van der Waals surface area contributed by atoms with Crippen LogP contribution in [-0.4, -0.2) is 38.6 Å². The summed E-state index contributed by atoms with van der Waals surface area (Å²) < 4.78 is 5.47. The van der Waals surface area contributed by atoms with Crippen molar-refractivity contribution < 1.29 is 14.3 Å². The number of likely N-dealkylation sites (N-methyl/N-ethyl adjacent to an activating group) is 1. The Hall–Kier alpha value is -2.86. The fourth-order valence-corrected chi connectivity index (χ4v) is 2.38. The van der Waals surface area contributed by atoms with Gasteiger partial charge in [-0.25, -0.2) is 0 Å². The zero-order valence-corrected chi connectivity index (χ0v) is 14.5. The number of hydrogen-bond acceptors (Lipinski definition) is 4. The molecule has 0 atom stereocenters. The summed E-state index contributed by atoms with van der Waals surface area (Å²) in [6.45, 7) is 2.12. The zero-order chi connectivity index (χ0) is 18.2. The van der Waals surface area contributed by atoms with Crippen molar-refractivity contribution >= 4 is 23.2 Å². The lowest BCUT2D eigenvalue weighted by molar-refractivity contribution is -0.121. The van der Waals surface area contributed by atoms with E-state index in [4.69, 9.17) is 10.5 Å². The second-order valence-electron chi connectivity index (χ2n) is 5.40. The van der Waals surface area contributed by atoms with Crippen LogP contribution in [0.15, 0.2) is 54.6 Å². The van der Waals surface area contributed by atoms with Crippen molar-refractivity contribution in [1.29, 1.82) is 0 Å². The van der Waals surface area contributed by atoms with Gasteiger partial charge in [0.1, 0.15) is 12.3 Å². The normalized spacial score (nSPS) is 10.2. The van der Waals surface area contributed by atoms with E-state index in [1.165, 1.54) is 9.80 Å². The summed E-state index contributed by atoms with van der Waals surface area (Å²) in [5.74, 6) is 0.0944. The number of para-hydroxylation sites is 1. The minimum Gasteiger partial charge on any atom is -0.494 e. The third kappa shape index (κ3) is 4.81. The van der Waals surface area contributed by atoms with Crippen LogP contribution in [0.25, 0.3) is 0 Å². The molecule has 0 unspecified atom stereocenters. The van der Waals surface area contributed by atoms with Crippen molar-refractivity contribution in [3.8, 4) is 5.75 Å². The van der Waals surface area contributed by atoms with E-state index in [1.807, 2.05) is 37.3 Å². The molecule has 0 aliphatic rings. The Bertz CT molecular complexity index is 719. The predicted molar refractivity (Wildman–Crippen MR) is 98.9 cm³/mol. The van der Waals surface area contributed by atoms with Crippen molar-refractivity contribution in [2.24, 2.45) is 5.73 Å². The summed E-state index contributed by atoms with van der Waals surface area (Å²) in [7, 11) is 1.68. The fraction of sp³-hybridized carbons (Fsp3) is 0.263. The van der Waals surface area contributed by atoms with Crippen molar-refractivity contribution in [2.45, 2.75) is 6.92 Å². The number of anilines is 2. The highest BCUT2D eigenvalue weighted by Gasteiger charge is 2.21. The lowest BCUT2D eigenvalue weighted by atomic mass is 10.2. The Labute approximate surface area is 147 Å². The summed E-state index contributed by atoms with van der Waals surface area (Å²) in [6, 6.07) is 16.3. The van der Waals surface area contributed by atoms with Crippen LogP contribution in [0.3, 0.4) is 0 Å². The Morgan fingerprint density at radius 1 is 1.00 bits per heavy atom. The van der Waals surface area contributed by atoms with E-state index in [-0.39, 0.29) is 24.9 Å². The molecule has 0 saturated heterocycles. The molecule has 6 heteroatoms. The minimum atomic E-state index is -0.330. The van der Waals surface area contributed by atoms with E-state index in [1.54, 1.807) is 31.3 Å². The SMILES string of the molecule is CCOc1cccc(N(CC(=O)N(C)c2ccccc2)C(=O)CN)c1. The van der Waals surface area contributed by atoms with Crippen molar-refractivity contribution in [3.05, 3.63) is 54.6 Å². The van der Waals surface area contributed by atoms with Gasteiger partial charge >= 0.3 is 0 Å². The van der Waals surface area contributed by atoms with Crippen LogP contribution in [0.5, 0.6) is 5.75 Å². The van der Waals surface area contributed by atoms with Gasteiger partial charge in [-0.15, -0.1) is 0 Å². The van der Waals surface area contributed by atoms with Gasteiger partial charge in [0.2, 0.25) is 11.8 Å². The summed E-state index contributed by atoms with van der Waals surface area (Å²) in [5.41, 5.74) is 6.86. The Kier molecular flexibility index (Phi) is 6.54. The Morgan fingerprint density at radius 3 is 2.32 bits per heavy atom. The number of carbonyl (C=O) groups excluding carboxylic acids is 2. The van der Waals surface area contributed by atoms with Gasteiger partial charge in [0.15, 0.2) is 0 Å². The first-order valence-corrected chi connectivity index (χ1v) is 8.11. The van der Waals surface area contributed by atoms with Crippen LogP contribution in [0.4, 0.5) is 11.4 Å². The lowest BCUT2D eigenvalue weighted by Crippen LogP contribution is -2.44. The summed E-state index contributed by atoms with van der Waals surface area (Å²) >= 11 is 0. The molecule has 0 aliphatic carbocycles. The fourth-order valence-electron chi connectivity index (χ4n) is 2.38. The van der Waals surface area contributed by atoms with Crippen LogP contribution < -0.4 is 20.3 Å². The van der Waals surface area contributed by atoms with Crippen LogP contribution >= 0.6 is 0 Å². The van der Waals surface area contributed by atoms with Gasteiger partial charge in [-0.1, -0.05) is 24.3 Å². The highest BCUT2D eigenvalue weighted by molar-refractivity contribution is 6.04. The molecule has 0 saturated carbocycles. The van der Waals surface area contributed by atoms with Crippen LogP contribution in [0.2, 0.25) is 0 Å². The third-order valence-electron chi connectivity index (χ3n) is 3.73. The average molecular weight is 341 g/mol. The smallest absolute Gasteiger partial charge is 0.246 e. The van der Waals surface area contributed by atoms with Gasteiger partial charge in [-0.2, -0.15) is 0 Å².